The lowest BCUT2D eigenvalue weighted by molar-refractivity contribution is -0.133. The number of carbonyl (C=O) groups excluding carboxylic acids is 3. The second-order valence-corrected chi connectivity index (χ2v) is 7.89. The third-order valence-corrected chi connectivity index (χ3v) is 4.79. The molecule has 1 atom stereocenters. The molecule has 3 amide bonds. The van der Waals surface area contributed by atoms with Crippen molar-refractivity contribution in [1.29, 1.82) is 0 Å². The molecule has 0 saturated carbocycles. The Morgan fingerprint density at radius 3 is 2.13 bits per heavy atom. The number of nitrogens with one attached hydrogen (secondary N) is 3. The van der Waals surface area contributed by atoms with Crippen LogP contribution in [0.25, 0.3) is 0 Å². The van der Waals surface area contributed by atoms with E-state index in [0.717, 1.165) is 16.8 Å². The number of hydrogen-bond acceptors (Lipinski definition) is 4. The fourth-order valence-corrected chi connectivity index (χ4v) is 2.88. The summed E-state index contributed by atoms with van der Waals surface area (Å²) in [6.45, 7) is 9.68. The number of hydrogen-bond donors (Lipinski definition) is 3. The van der Waals surface area contributed by atoms with Gasteiger partial charge in [-0.3, -0.25) is 25.2 Å². The molecule has 7 nitrogen and oxygen atoms in total. The number of ether oxygens (including phenoxy) is 1. The summed E-state index contributed by atoms with van der Waals surface area (Å²) in [5, 5.41) is 2.79. The number of aryl methyl sites for hydroxylation is 2. The van der Waals surface area contributed by atoms with Gasteiger partial charge in [-0.15, -0.1) is 0 Å². The lowest BCUT2D eigenvalue weighted by Crippen LogP contribution is -2.47. The van der Waals surface area contributed by atoms with Crippen LogP contribution in [0, 0.1) is 13.8 Å². The molecule has 0 fully saturated rings. The minimum atomic E-state index is -0.794. The molecule has 0 aliphatic carbocycles. The van der Waals surface area contributed by atoms with E-state index in [9.17, 15) is 14.4 Å². The molecule has 31 heavy (non-hydrogen) atoms. The summed E-state index contributed by atoms with van der Waals surface area (Å²) in [6, 6.07) is 13.2. The van der Waals surface area contributed by atoms with Gasteiger partial charge in [-0.25, -0.2) is 0 Å². The zero-order valence-electron chi connectivity index (χ0n) is 18.7. The van der Waals surface area contributed by atoms with Crippen molar-refractivity contribution in [3.05, 3.63) is 59.2 Å². The van der Waals surface area contributed by atoms with E-state index >= 15 is 0 Å². The second kappa shape index (κ2) is 11.2. The molecule has 1 unspecified atom stereocenters. The predicted octanol–water partition coefficient (Wildman–Crippen LogP) is 3.76. The van der Waals surface area contributed by atoms with Crippen LogP contribution in [0.2, 0.25) is 0 Å². The Hall–Kier alpha value is -3.35. The number of benzene rings is 2. The van der Waals surface area contributed by atoms with Crippen LogP contribution >= 0.6 is 0 Å². The van der Waals surface area contributed by atoms with Crippen LogP contribution in [-0.2, 0) is 14.4 Å². The topological polar surface area (TPSA) is 96.5 Å². The van der Waals surface area contributed by atoms with Gasteiger partial charge in [-0.1, -0.05) is 43.7 Å². The Labute approximate surface area is 183 Å². The van der Waals surface area contributed by atoms with Crippen LogP contribution < -0.4 is 20.9 Å². The van der Waals surface area contributed by atoms with E-state index in [-0.39, 0.29) is 18.7 Å². The molecule has 166 valence electrons. The average molecular weight is 426 g/mol. The number of amides is 3. The van der Waals surface area contributed by atoms with Crippen molar-refractivity contribution in [3.8, 4) is 5.75 Å². The monoisotopic (exact) mass is 425 g/mol. The van der Waals surface area contributed by atoms with Gasteiger partial charge >= 0.3 is 0 Å². The van der Waals surface area contributed by atoms with Crippen molar-refractivity contribution in [2.45, 2.75) is 59.5 Å². The van der Waals surface area contributed by atoms with Gasteiger partial charge in [0, 0.05) is 18.5 Å². The molecule has 0 bridgehead atoms. The molecule has 2 aromatic carbocycles. The highest BCUT2D eigenvalue weighted by atomic mass is 16.5. The highest BCUT2D eigenvalue weighted by Crippen LogP contribution is 2.19. The lowest BCUT2D eigenvalue weighted by atomic mass is 10.0. The number of anilines is 1. The van der Waals surface area contributed by atoms with E-state index in [1.807, 2.05) is 56.3 Å². The summed E-state index contributed by atoms with van der Waals surface area (Å²) in [7, 11) is 0. The molecular weight excluding hydrogens is 394 g/mol. The van der Waals surface area contributed by atoms with Crippen molar-refractivity contribution in [2.24, 2.45) is 0 Å². The first-order valence-electron chi connectivity index (χ1n) is 10.4. The molecule has 3 N–H and O–H groups in total. The Kier molecular flexibility index (Phi) is 8.61. The fourth-order valence-electron chi connectivity index (χ4n) is 2.88. The lowest BCUT2D eigenvalue weighted by Gasteiger charge is -2.16. The normalized spacial score (nSPS) is 11.5. The molecule has 0 spiro atoms. The Bertz CT molecular complexity index is 923. The zero-order valence-corrected chi connectivity index (χ0v) is 18.7. The summed E-state index contributed by atoms with van der Waals surface area (Å²) in [4.78, 5) is 36.2. The average Bonchev–Trinajstić information content (AvgIpc) is 2.72. The number of carbonyl (C=O) groups is 3. The quantitative estimate of drug-likeness (QED) is 0.561. The minimum absolute atomic E-state index is 0.00325. The number of rotatable bonds is 8. The maximum Gasteiger partial charge on any atom is 0.279 e. The van der Waals surface area contributed by atoms with Crippen LogP contribution in [0.1, 0.15) is 56.2 Å². The van der Waals surface area contributed by atoms with Crippen LogP contribution in [0.5, 0.6) is 5.75 Å². The molecule has 0 aromatic heterocycles. The summed E-state index contributed by atoms with van der Waals surface area (Å²) < 4.78 is 5.60. The van der Waals surface area contributed by atoms with E-state index in [4.69, 9.17) is 4.74 Å². The summed E-state index contributed by atoms with van der Waals surface area (Å²) in [5.41, 5.74) is 8.60. The Balaban J connectivity index is 1.72. The van der Waals surface area contributed by atoms with Crippen molar-refractivity contribution in [3.63, 3.8) is 0 Å². The Morgan fingerprint density at radius 1 is 0.871 bits per heavy atom. The van der Waals surface area contributed by atoms with E-state index in [0.29, 0.717) is 11.7 Å². The van der Waals surface area contributed by atoms with Crippen molar-refractivity contribution in [1.82, 2.24) is 10.9 Å². The number of hydrazine groups is 1. The SMILES string of the molecule is Cc1ccc(NC(=O)CCC(=O)NNC(=O)C(C)Oc2ccc(C(C)C)cc2)c(C)c1. The predicted molar refractivity (Wildman–Crippen MR) is 121 cm³/mol. The Morgan fingerprint density at radius 2 is 1.52 bits per heavy atom. The largest absolute Gasteiger partial charge is 0.481 e. The third-order valence-electron chi connectivity index (χ3n) is 4.79. The summed E-state index contributed by atoms with van der Waals surface area (Å²) in [5.74, 6) is -0.233. The van der Waals surface area contributed by atoms with E-state index in [2.05, 4.69) is 30.0 Å². The van der Waals surface area contributed by atoms with E-state index < -0.39 is 17.9 Å². The fraction of sp³-hybridized carbons (Fsp3) is 0.375. The smallest absolute Gasteiger partial charge is 0.279 e. The first-order valence-corrected chi connectivity index (χ1v) is 10.4. The van der Waals surface area contributed by atoms with Crippen molar-refractivity contribution >= 4 is 23.4 Å². The molecule has 0 aliphatic heterocycles. The van der Waals surface area contributed by atoms with Gasteiger partial charge in [-0.05, 0) is 56.0 Å². The zero-order chi connectivity index (χ0) is 23.0. The van der Waals surface area contributed by atoms with Gasteiger partial charge in [0.2, 0.25) is 11.8 Å². The molecular formula is C24H31N3O4. The van der Waals surface area contributed by atoms with Crippen LogP contribution in [0.15, 0.2) is 42.5 Å². The molecule has 7 heteroatoms. The van der Waals surface area contributed by atoms with Gasteiger partial charge in [-0.2, -0.15) is 0 Å². The minimum Gasteiger partial charge on any atom is -0.481 e. The first-order chi connectivity index (χ1) is 14.7. The standard InChI is InChI=1S/C24H31N3O4/c1-15(2)19-7-9-20(10-8-19)31-18(5)24(30)27-26-23(29)13-12-22(28)25-21-11-6-16(3)14-17(21)4/h6-11,14-15,18H,12-13H2,1-5H3,(H,25,28)(H,26,29)(H,27,30). The molecule has 2 rings (SSSR count). The van der Waals surface area contributed by atoms with E-state index in [1.165, 1.54) is 5.56 Å². The van der Waals surface area contributed by atoms with Gasteiger partial charge in [0.1, 0.15) is 5.75 Å². The highest BCUT2D eigenvalue weighted by Gasteiger charge is 2.16. The van der Waals surface area contributed by atoms with Crippen LogP contribution in [0.3, 0.4) is 0 Å². The second-order valence-electron chi connectivity index (χ2n) is 7.89. The van der Waals surface area contributed by atoms with Crippen molar-refractivity contribution in [2.75, 3.05) is 5.32 Å². The van der Waals surface area contributed by atoms with Crippen LogP contribution in [-0.4, -0.2) is 23.8 Å². The van der Waals surface area contributed by atoms with Gasteiger partial charge < -0.3 is 10.1 Å². The maximum absolute atomic E-state index is 12.1. The molecule has 0 heterocycles. The molecule has 0 radical (unpaired) electrons. The summed E-state index contributed by atoms with van der Waals surface area (Å²) >= 11 is 0. The van der Waals surface area contributed by atoms with Crippen LogP contribution in [0.4, 0.5) is 5.69 Å². The van der Waals surface area contributed by atoms with Crippen molar-refractivity contribution < 1.29 is 19.1 Å². The molecule has 0 aliphatic rings. The van der Waals surface area contributed by atoms with Gasteiger partial charge in [0.25, 0.3) is 5.91 Å². The highest BCUT2D eigenvalue weighted by molar-refractivity contribution is 5.94. The molecule has 2 aromatic rings. The van der Waals surface area contributed by atoms with Gasteiger partial charge in [0.15, 0.2) is 6.10 Å². The third kappa shape index (κ3) is 7.77. The van der Waals surface area contributed by atoms with Gasteiger partial charge in [0.05, 0.1) is 0 Å². The first kappa shape index (κ1) is 23.9. The van der Waals surface area contributed by atoms with E-state index in [1.54, 1.807) is 6.92 Å². The molecule has 0 saturated heterocycles. The maximum atomic E-state index is 12.1. The summed E-state index contributed by atoms with van der Waals surface area (Å²) in [6.07, 6.45) is -0.843.